The van der Waals surface area contributed by atoms with Gasteiger partial charge in [0.05, 0.1) is 11.7 Å². The number of carbonyl (C=O) groups excluding carboxylic acids is 1. The van der Waals surface area contributed by atoms with Crippen molar-refractivity contribution in [3.8, 4) is 5.75 Å². The average Bonchev–Trinajstić information content (AvgIpc) is 2.86. The standard InChI is InChI=1S/C14H18INO3/c1-2-13-9(5-6-19-13)8-16-14(18)11-7-10(15)3-4-12(11)17/h3-4,7,9,13,17H,2,5-6,8H2,1H3,(H,16,18). The highest BCUT2D eigenvalue weighted by atomic mass is 127. The zero-order valence-corrected chi connectivity index (χ0v) is 13.0. The van der Waals surface area contributed by atoms with Crippen LogP contribution in [0.3, 0.4) is 0 Å². The third-order valence-corrected chi connectivity index (χ3v) is 4.15. The third-order valence-electron chi connectivity index (χ3n) is 3.48. The van der Waals surface area contributed by atoms with Crippen molar-refractivity contribution in [2.75, 3.05) is 13.2 Å². The number of phenols is 1. The van der Waals surface area contributed by atoms with Crippen molar-refractivity contribution in [3.63, 3.8) is 0 Å². The Hall–Kier alpha value is -0.820. The van der Waals surface area contributed by atoms with Crippen LogP contribution in [0.5, 0.6) is 5.75 Å². The molecule has 1 aromatic rings. The first kappa shape index (κ1) is 14.6. The first-order valence-corrected chi connectivity index (χ1v) is 7.58. The fourth-order valence-corrected chi connectivity index (χ4v) is 2.88. The molecule has 2 N–H and O–H groups in total. The van der Waals surface area contributed by atoms with Crippen LogP contribution in [0, 0.1) is 9.49 Å². The Labute approximate surface area is 126 Å². The molecule has 2 atom stereocenters. The Morgan fingerprint density at radius 2 is 2.37 bits per heavy atom. The number of benzene rings is 1. The molecule has 1 amide bonds. The van der Waals surface area contributed by atoms with E-state index in [1.165, 1.54) is 0 Å². The maximum absolute atomic E-state index is 12.1. The molecule has 104 valence electrons. The van der Waals surface area contributed by atoms with Gasteiger partial charge in [0.2, 0.25) is 0 Å². The molecule has 19 heavy (non-hydrogen) atoms. The Kier molecular flexibility index (Phi) is 5.04. The van der Waals surface area contributed by atoms with E-state index in [1.807, 2.05) is 0 Å². The summed E-state index contributed by atoms with van der Waals surface area (Å²) < 4.78 is 6.52. The van der Waals surface area contributed by atoms with E-state index >= 15 is 0 Å². The minimum Gasteiger partial charge on any atom is -0.507 e. The van der Waals surface area contributed by atoms with Crippen LogP contribution in [0.25, 0.3) is 0 Å². The maximum Gasteiger partial charge on any atom is 0.255 e. The van der Waals surface area contributed by atoms with Gasteiger partial charge in [-0.25, -0.2) is 0 Å². The minimum atomic E-state index is -0.224. The molecule has 1 heterocycles. The van der Waals surface area contributed by atoms with E-state index in [0.29, 0.717) is 18.0 Å². The predicted molar refractivity (Wildman–Crippen MR) is 81.3 cm³/mol. The van der Waals surface area contributed by atoms with Gasteiger partial charge in [-0.2, -0.15) is 0 Å². The van der Waals surface area contributed by atoms with Gasteiger partial charge in [-0.05, 0) is 53.6 Å². The summed E-state index contributed by atoms with van der Waals surface area (Å²) in [5.41, 5.74) is 0.332. The second-order valence-electron chi connectivity index (χ2n) is 4.74. The van der Waals surface area contributed by atoms with Crippen molar-refractivity contribution >= 4 is 28.5 Å². The summed E-state index contributed by atoms with van der Waals surface area (Å²) >= 11 is 2.12. The van der Waals surface area contributed by atoms with E-state index in [9.17, 15) is 9.90 Å². The Bertz CT molecular complexity index is 464. The van der Waals surface area contributed by atoms with Gasteiger partial charge < -0.3 is 15.2 Å². The number of carbonyl (C=O) groups is 1. The third kappa shape index (κ3) is 3.60. The van der Waals surface area contributed by atoms with Crippen LogP contribution in [0.4, 0.5) is 0 Å². The van der Waals surface area contributed by atoms with Gasteiger partial charge in [0.1, 0.15) is 5.75 Å². The quantitative estimate of drug-likeness (QED) is 0.796. The summed E-state index contributed by atoms with van der Waals surface area (Å²) in [5, 5.41) is 12.6. The van der Waals surface area contributed by atoms with Crippen molar-refractivity contribution in [1.82, 2.24) is 5.32 Å². The minimum absolute atomic E-state index is 0.0210. The van der Waals surface area contributed by atoms with Crippen LogP contribution in [0.15, 0.2) is 18.2 Å². The monoisotopic (exact) mass is 375 g/mol. The van der Waals surface area contributed by atoms with Gasteiger partial charge in [0, 0.05) is 22.6 Å². The number of amides is 1. The van der Waals surface area contributed by atoms with Crippen molar-refractivity contribution < 1.29 is 14.6 Å². The molecule has 0 spiro atoms. The molecular formula is C14H18INO3. The van der Waals surface area contributed by atoms with E-state index in [-0.39, 0.29) is 17.8 Å². The van der Waals surface area contributed by atoms with E-state index in [0.717, 1.165) is 23.0 Å². The molecule has 0 aromatic heterocycles. The highest BCUT2D eigenvalue weighted by Gasteiger charge is 2.27. The molecule has 5 heteroatoms. The number of halogens is 1. The number of rotatable bonds is 4. The van der Waals surface area contributed by atoms with Crippen LogP contribution in [0.1, 0.15) is 30.1 Å². The lowest BCUT2D eigenvalue weighted by Gasteiger charge is -2.17. The molecule has 0 saturated carbocycles. The summed E-state index contributed by atoms with van der Waals surface area (Å²) in [6, 6.07) is 5.00. The summed E-state index contributed by atoms with van der Waals surface area (Å²) in [4.78, 5) is 12.1. The number of phenolic OH excluding ortho intramolecular Hbond substituents is 1. The molecule has 1 aliphatic heterocycles. The van der Waals surface area contributed by atoms with Crippen LogP contribution in [-0.2, 0) is 4.74 Å². The molecule has 0 bridgehead atoms. The fourth-order valence-electron chi connectivity index (χ4n) is 2.39. The molecule has 1 aromatic carbocycles. The van der Waals surface area contributed by atoms with E-state index in [2.05, 4.69) is 34.8 Å². The fraction of sp³-hybridized carbons (Fsp3) is 0.500. The molecule has 1 fully saturated rings. The predicted octanol–water partition coefficient (Wildman–Crippen LogP) is 2.54. The van der Waals surface area contributed by atoms with E-state index in [1.54, 1.807) is 18.2 Å². The smallest absolute Gasteiger partial charge is 0.255 e. The van der Waals surface area contributed by atoms with Gasteiger partial charge in [-0.3, -0.25) is 4.79 Å². The van der Waals surface area contributed by atoms with Gasteiger partial charge in [0.15, 0.2) is 0 Å². The van der Waals surface area contributed by atoms with Crippen LogP contribution in [0.2, 0.25) is 0 Å². The zero-order valence-electron chi connectivity index (χ0n) is 10.9. The van der Waals surface area contributed by atoms with Gasteiger partial charge in [-0.1, -0.05) is 6.92 Å². The molecule has 1 saturated heterocycles. The number of hydrogen-bond acceptors (Lipinski definition) is 3. The summed E-state index contributed by atoms with van der Waals surface area (Å²) in [6.07, 6.45) is 2.19. The average molecular weight is 375 g/mol. The van der Waals surface area contributed by atoms with Crippen molar-refractivity contribution in [1.29, 1.82) is 0 Å². The SMILES string of the molecule is CCC1OCCC1CNC(=O)c1cc(I)ccc1O. The second kappa shape index (κ2) is 6.56. The topological polar surface area (TPSA) is 58.6 Å². The normalized spacial score (nSPS) is 22.4. The maximum atomic E-state index is 12.1. The van der Waals surface area contributed by atoms with Crippen molar-refractivity contribution in [3.05, 3.63) is 27.3 Å². The second-order valence-corrected chi connectivity index (χ2v) is 5.98. The Morgan fingerprint density at radius 3 is 3.11 bits per heavy atom. The lowest BCUT2D eigenvalue weighted by molar-refractivity contribution is 0.0826. The van der Waals surface area contributed by atoms with Crippen molar-refractivity contribution in [2.24, 2.45) is 5.92 Å². The number of aromatic hydroxyl groups is 1. The van der Waals surface area contributed by atoms with Gasteiger partial charge in [-0.15, -0.1) is 0 Å². The highest BCUT2D eigenvalue weighted by Crippen LogP contribution is 2.23. The highest BCUT2D eigenvalue weighted by molar-refractivity contribution is 14.1. The van der Waals surface area contributed by atoms with Crippen LogP contribution in [-0.4, -0.2) is 30.3 Å². The summed E-state index contributed by atoms with van der Waals surface area (Å²) in [6.45, 7) is 3.46. The van der Waals surface area contributed by atoms with E-state index in [4.69, 9.17) is 4.74 Å². The van der Waals surface area contributed by atoms with Gasteiger partial charge in [0.25, 0.3) is 5.91 Å². The zero-order chi connectivity index (χ0) is 13.8. The Balaban J connectivity index is 1.96. The van der Waals surface area contributed by atoms with Crippen LogP contribution >= 0.6 is 22.6 Å². The summed E-state index contributed by atoms with van der Waals surface area (Å²) in [5.74, 6) is 0.171. The lowest BCUT2D eigenvalue weighted by Crippen LogP contribution is -2.32. The molecule has 2 unspecified atom stereocenters. The lowest BCUT2D eigenvalue weighted by atomic mass is 9.99. The molecule has 1 aliphatic rings. The Morgan fingerprint density at radius 1 is 1.58 bits per heavy atom. The number of ether oxygens (including phenoxy) is 1. The molecule has 0 aliphatic carbocycles. The summed E-state index contributed by atoms with van der Waals surface area (Å²) in [7, 11) is 0. The largest absolute Gasteiger partial charge is 0.507 e. The number of hydrogen-bond donors (Lipinski definition) is 2. The van der Waals surface area contributed by atoms with Crippen LogP contribution < -0.4 is 5.32 Å². The molecular weight excluding hydrogens is 357 g/mol. The first-order valence-electron chi connectivity index (χ1n) is 6.50. The van der Waals surface area contributed by atoms with Crippen molar-refractivity contribution in [2.45, 2.75) is 25.9 Å². The number of nitrogens with one attached hydrogen (secondary N) is 1. The first-order chi connectivity index (χ1) is 9.11. The molecule has 2 rings (SSSR count). The van der Waals surface area contributed by atoms with Gasteiger partial charge >= 0.3 is 0 Å². The molecule has 0 radical (unpaired) electrons. The van der Waals surface area contributed by atoms with E-state index < -0.39 is 0 Å². The molecule has 4 nitrogen and oxygen atoms in total.